The summed E-state index contributed by atoms with van der Waals surface area (Å²) in [5.74, 6) is 0.989. The van der Waals surface area contributed by atoms with Gasteiger partial charge in [-0.05, 0) is 36.2 Å². The third-order valence-electron chi connectivity index (χ3n) is 3.88. The number of rotatable bonds is 9. The molecule has 7 heteroatoms. The van der Waals surface area contributed by atoms with Crippen molar-refractivity contribution in [3.8, 4) is 11.5 Å². The number of para-hydroxylation sites is 1. The van der Waals surface area contributed by atoms with Gasteiger partial charge in [-0.2, -0.15) is 0 Å². The second-order valence-electron chi connectivity index (χ2n) is 6.59. The lowest BCUT2D eigenvalue weighted by molar-refractivity contribution is 0.102. The van der Waals surface area contributed by atoms with E-state index in [1.54, 1.807) is 12.1 Å². The van der Waals surface area contributed by atoms with Crippen LogP contribution < -0.4 is 20.1 Å². The van der Waals surface area contributed by atoms with Crippen LogP contribution in [0.3, 0.4) is 0 Å². The van der Waals surface area contributed by atoms with Crippen molar-refractivity contribution in [1.29, 1.82) is 0 Å². The lowest BCUT2D eigenvalue weighted by atomic mass is 10.1. The smallest absolute Gasteiger partial charge is 0.255 e. The zero-order chi connectivity index (χ0) is 19.8. The molecule has 0 heterocycles. The second kappa shape index (κ2) is 11.8. The summed E-state index contributed by atoms with van der Waals surface area (Å²) in [5.41, 5.74) is 2.19. The summed E-state index contributed by atoms with van der Waals surface area (Å²) in [4.78, 5) is 12.8. The van der Waals surface area contributed by atoms with E-state index >= 15 is 0 Å². The van der Waals surface area contributed by atoms with Gasteiger partial charge in [0.2, 0.25) is 0 Å². The lowest BCUT2D eigenvalue weighted by Crippen LogP contribution is -2.17. The molecule has 2 N–H and O–H groups in total. The first-order chi connectivity index (χ1) is 13.0. The summed E-state index contributed by atoms with van der Waals surface area (Å²) in [6, 6.07) is 10.9. The number of nitrogens with one attached hydrogen (secondary N) is 2. The molecule has 0 spiro atoms. The Hall–Kier alpha value is -1.95. The van der Waals surface area contributed by atoms with Gasteiger partial charge in [0.25, 0.3) is 5.91 Å². The molecule has 0 bridgehead atoms. The first kappa shape index (κ1) is 24.1. The summed E-state index contributed by atoms with van der Waals surface area (Å²) in [5, 5.41) is 6.57. The number of benzene rings is 2. The largest absolute Gasteiger partial charge is 0.493 e. The minimum absolute atomic E-state index is 0. The van der Waals surface area contributed by atoms with Crippen LogP contribution in [0.2, 0.25) is 5.02 Å². The molecule has 0 aliphatic heterocycles. The third kappa shape index (κ3) is 6.59. The minimum Gasteiger partial charge on any atom is -0.493 e. The Labute approximate surface area is 178 Å². The Kier molecular flexibility index (Phi) is 10.1. The van der Waals surface area contributed by atoms with E-state index in [4.69, 9.17) is 21.1 Å². The van der Waals surface area contributed by atoms with Crippen molar-refractivity contribution in [1.82, 2.24) is 5.32 Å². The van der Waals surface area contributed by atoms with E-state index in [1.165, 1.54) is 7.11 Å². The number of amides is 1. The van der Waals surface area contributed by atoms with Crippen LogP contribution in [-0.2, 0) is 6.54 Å². The molecule has 0 atom stereocenters. The average Bonchev–Trinajstić information content (AvgIpc) is 2.65. The highest BCUT2D eigenvalue weighted by Crippen LogP contribution is 2.37. The maximum atomic E-state index is 12.8. The molecule has 5 nitrogen and oxygen atoms in total. The van der Waals surface area contributed by atoms with E-state index in [0.29, 0.717) is 41.2 Å². The Morgan fingerprint density at radius 2 is 1.93 bits per heavy atom. The van der Waals surface area contributed by atoms with Crippen LogP contribution in [0.25, 0.3) is 0 Å². The number of hydrogen-bond donors (Lipinski definition) is 2. The molecule has 0 aromatic heterocycles. The molecule has 2 rings (SSSR count). The van der Waals surface area contributed by atoms with Crippen molar-refractivity contribution in [2.24, 2.45) is 5.92 Å². The number of halogens is 2. The molecular formula is C21H28Cl2N2O3. The van der Waals surface area contributed by atoms with Crippen LogP contribution >= 0.6 is 24.0 Å². The van der Waals surface area contributed by atoms with Crippen molar-refractivity contribution in [3.05, 3.63) is 52.5 Å². The number of carbonyl (C=O) groups excluding carboxylic acids is 1. The monoisotopic (exact) mass is 426 g/mol. The maximum Gasteiger partial charge on any atom is 0.255 e. The summed E-state index contributed by atoms with van der Waals surface area (Å²) < 4.78 is 11.1. The maximum absolute atomic E-state index is 12.8. The van der Waals surface area contributed by atoms with Crippen LogP contribution in [0, 0.1) is 5.92 Å². The SMILES string of the molecule is CCNCc1ccccc1NC(=O)c1cc(Cl)c(OCC(C)C)c(OC)c1.Cl. The number of ether oxygens (including phenoxy) is 2. The van der Waals surface area contributed by atoms with E-state index in [-0.39, 0.29) is 18.3 Å². The molecular weight excluding hydrogens is 399 g/mol. The first-order valence-corrected chi connectivity index (χ1v) is 9.44. The fraction of sp³-hybridized carbons (Fsp3) is 0.381. The average molecular weight is 427 g/mol. The van der Waals surface area contributed by atoms with Gasteiger partial charge in [-0.25, -0.2) is 0 Å². The summed E-state index contributed by atoms with van der Waals surface area (Å²) in [6.07, 6.45) is 0. The highest BCUT2D eigenvalue weighted by Gasteiger charge is 2.17. The van der Waals surface area contributed by atoms with Gasteiger partial charge in [0.15, 0.2) is 11.5 Å². The summed E-state index contributed by atoms with van der Waals surface area (Å²) in [7, 11) is 1.53. The van der Waals surface area contributed by atoms with E-state index < -0.39 is 0 Å². The van der Waals surface area contributed by atoms with Crippen LogP contribution in [0.1, 0.15) is 36.7 Å². The van der Waals surface area contributed by atoms with Gasteiger partial charge in [-0.1, -0.05) is 50.6 Å². The van der Waals surface area contributed by atoms with E-state index in [1.807, 2.05) is 45.0 Å². The van der Waals surface area contributed by atoms with Crippen molar-refractivity contribution in [2.75, 3.05) is 25.6 Å². The fourth-order valence-electron chi connectivity index (χ4n) is 2.49. The number of carbonyl (C=O) groups is 1. The molecule has 28 heavy (non-hydrogen) atoms. The Balaban J connectivity index is 0.00000392. The summed E-state index contributed by atoms with van der Waals surface area (Å²) in [6.45, 7) is 8.18. The number of anilines is 1. The normalized spacial score (nSPS) is 10.4. The first-order valence-electron chi connectivity index (χ1n) is 9.06. The van der Waals surface area contributed by atoms with Crippen molar-refractivity contribution < 1.29 is 14.3 Å². The molecule has 0 saturated heterocycles. The second-order valence-corrected chi connectivity index (χ2v) is 6.99. The van der Waals surface area contributed by atoms with Crippen molar-refractivity contribution in [3.63, 3.8) is 0 Å². The molecule has 1 amide bonds. The molecule has 0 aliphatic carbocycles. The molecule has 154 valence electrons. The topological polar surface area (TPSA) is 59.6 Å². The highest BCUT2D eigenvalue weighted by atomic mass is 35.5. The van der Waals surface area contributed by atoms with Gasteiger partial charge in [-0.15, -0.1) is 12.4 Å². The lowest BCUT2D eigenvalue weighted by Gasteiger charge is -2.16. The minimum atomic E-state index is -0.255. The zero-order valence-corrected chi connectivity index (χ0v) is 18.2. The third-order valence-corrected chi connectivity index (χ3v) is 4.16. The van der Waals surface area contributed by atoms with Crippen LogP contribution in [0.15, 0.2) is 36.4 Å². The standard InChI is InChI=1S/C21H27ClN2O3.ClH/c1-5-23-12-15-8-6-7-9-18(15)24-21(25)16-10-17(22)20(19(11-16)26-4)27-13-14(2)3;/h6-11,14,23H,5,12-13H2,1-4H3,(H,24,25);1H. The molecule has 0 radical (unpaired) electrons. The van der Waals surface area contributed by atoms with Gasteiger partial charge in [0, 0.05) is 17.8 Å². The highest BCUT2D eigenvalue weighted by molar-refractivity contribution is 6.32. The van der Waals surface area contributed by atoms with E-state index in [0.717, 1.165) is 17.8 Å². The Morgan fingerprint density at radius 1 is 1.21 bits per heavy atom. The molecule has 0 fully saturated rings. The predicted molar refractivity (Wildman–Crippen MR) is 117 cm³/mol. The van der Waals surface area contributed by atoms with Gasteiger partial charge in [0.05, 0.1) is 18.7 Å². The molecule has 0 aliphatic rings. The van der Waals surface area contributed by atoms with Crippen LogP contribution in [0.5, 0.6) is 11.5 Å². The zero-order valence-electron chi connectivity index (χ0n) is 16.7. The van der Waals surface area contributed by atoms with Crippen LogP contribution in [0.4, 0.5) is 5.69 Å². The van der Waals surface area contributed by atoms with Gasteiger partial charge in [0.1, 0.15) is 0 Å². The quantitative estimate of drug-likeness (QED) is 0.580. The fourth-order valence-corrected chi connectivity index (χ4v) is 2.76. The van der Waals surface area contributed by atoms with Gasteiger partial charge < -0.3 is 20.1 Å². The van der Waals surface area contributed by atoms with Crippen LogP contribution in [-0.4, -0.2) is 26.2 Å². The van der Waals surface area contributed by atoms with E-state index in [9.17, 15) is 4.79 Å². The number of methoxy groups -OCH3 is 1. The Morgan fingerprint density at radius 3 is 2.57 bits per heavy atom. The van der Waals surface area contributed by atoms with Gasteiger partial charge in [-0.3, -0.25) is 4.79 Å². The van der Waals surface area contributed by atoms with Crippen molar-refractivity contribution in [2.45, 2.75) is 27.3 Å². The predicted octanol–water partition coefficient (Wildman–Crippen LogP) is 5.17. The van der Waals surface area contributed by atoms with Gasteiger partial charge >= 0.3 is 0 Å². The molecule has 2 aromatic rings. The molecule has 0 unspecified atom stereocenters. The number of hydrogen-bond acceptors (Lipinski definition) is 4. The Bertz CT molecular complexity index is 782. The van der Waals surface area contributed by atoms with Crippen molar-refractivity contribution >= 4 is 35.6 Å². The molecule has 2 aromatic carbocycles. The molecule has 0 saturated carbocycles. The summed E-state index contributed by atoms with van der Waals surface area (Å²) >= 11 is 6.35. The van der Waals surface area contributed by atoms with E-state index in [2.05, 4.69) is 10.6 Å².